The molecule has 0 bridgehead atoms. The molecule has 2 N–H and O–H groups in total. The maximum Gasteiger partial charge on any atom is 0.248 e. The van der Waals surface area contributed by atoms with Gasteiger partial charge in [-0.1, -0.05) is 11.6 Å². The summed E-state index contributed by atoms with van der Waals surface area (Å²) in [4.78, 5) is 29.1. The maximum absolute atomic E-state index is 12.1. The lowest BCUT2D eigenvalue weighted by molar-refractivity contribution is -0.154. The van der Waals surface area contributed by atoms with E-state index in [2.05, 4.69) is 10.2 Å². The van der Waals surface area contributed by atoms with Gasteiger partial charge in [0.2, 0.25) is 11.8 Å². The van der Waals surface area contributed by atoms with Gasteiger partial charge in [0, 0.05) is 31.1 Å². The molecule has 2 atom stereocenters. The zero-order valence-corrected chi connectivity index (χ0v) is 12.9. The van der Waals surface area contributed by atoms with Gasteiger partial charge in [0.25, 0.3) is 0 Å². The second-order valence-electron chi connectivity index (χ2n) is 5.23. The van der Waals surface area contributed by atoms with Crippen molar-refractivity contribution in [1.29, 1.82) is 0 Å². The van der Waals surface area contributed by atoms with E-state index in [-0.39, 0.29) is 18.4 Å². The zero-order valence-electron chi connectivity index (χ0n) is 11.3. The molecule has 2 aliphatic rings. The number of hydrogen-bond acceptors (Lipinski definition) is 5. The fourth-order valence-electron chi connectivity index (χ4n) is 2.78. The van der Waals surface area contributed by atoms with E-state index in [1.165, 1.54) is 11.3 Å². The molecule has 0 unspecified atom stereocenters. The summed E-state index contributed by atoms with van der Waals surface area (Å²) in [6, 6.07) is 2.58. The minimum atomic E-state index is -0.795. The summed E-state index contributed by atoms with van der Waals surface area (Å²) in [5.41, 5.74) is 0. The molecule has 1 aromatic heterocycles. The van der Waals surface area contributed by atoms with Crippen LogP contribution in [-0.2, 0) is 16.1 Å². The SMILES string of the molecule is O=C1N[C@@H](CO)C(=O)N2CCN(Cc3ccc(Cl)s3)C[C@H]12. The van der Waals surface area contributed by atoms with Crippen molar-refractivity contribution >= 4 is 34.8 Å². The average Bonchev–Trinajstić information content (AvgIpc) is 2.88. The molecule has 0 spiro atoms. The van der Waals surface area contributed by atoms with Gasteiger partial charge in [-0.15, -0.1) is 11.3 Å². The summed E-state index contributed by atoms with van der Waals surface area (Å²) in [6.45, 7) is 2.10. The molecule has 2 fully saturated rings. The highest BCUT2D eigenvalue weighted by Crippen LogP contribution is 2.24. The third-order valence-electron chi connectivity index (χ3n) is 3.86. The fraction of sp³-hybridized carbons (Fsp3) is 0.538. The zero-order chi connectivity index (χ0) is 15.0. The Kier molecular flexibility index (Phi) is 4.17. The van der Waals surface area contributed by atoms with Crippen molar-refractivity contribution in [2.45, 2.75) is 18.6 Å². The van der Waals surface area contributed by atoms with E-state index >= 15 is 0 Å². The van der Waals surface area contributed by atoms with Crippen LogP contribution in [0, 0.1) is 0 Å². The first-order valence-electron chi connectivity index (χ1n) is 6.77. The number of nitrogens with one attached hydrogen (secondary N) is 1. The topological polar surface area (TPSA) is 72.9 Å². The maximum atomic E-state index is 12.1. The molecule has 0 aromatic carbocycles. The van der Waals surface area contributed by atoms with Crippen molar-refractivity contribution in [1.82, 2.24) is 15.1 Å². The molecule has 1 aromatic rings. The third-order valence-corrected chi connectivity index (χ3v) is 5.07. The van der Waals surface area contributed by atoms with Crippen LogP contribution in [0.15, 0.2) is 12.1 Å². The lowest BCUT2D eigenvalue weighted by Crippen LogP contribution is -2.69. The van der Waals surface area contributed by atoms with Crippen LogP contribution in [0.4, 0.5) is 0 Å². The van der Waals surface area contributed by atoms with E-state index in [0.717, 1.165) is 15.8 Å². The quantitative estimate of drug-likeness (QED) is 0.812. The molecule has 21 heavy (non-hydrogen) atoms. The van der Waals surface area contributed by atoms with Crippen molar-refractivity contribution in [3.8, 4) is 0 Å². The van der Waals surface area contributed by atoms with E-state index in [1.54, 1.807) is 4.90 Å². The molecular formula is C13H16ClN3O3S. The van der Waals surface area contributed by atoms with Crippen LogP contribution in [0.5, 0.6) is 0 Å². The first-order chi connectivity index (χ1) is 10.1. The van der Waals surface area contributed by atoms with Gasteiger partial charge in [0.15, 0.2) is 0 Å². The van der Waals surface area contributed by atoms with Crippen molar-refractivity contribution < 1.29 is 14.7 Å². The van der Waals surface area contributed by atoms with Crippen LogP contribution in [0.3, 0.4) is 0 Å². The summed E-state index contributed by atoms with van der Waals surface area (Å²) in [7, 11) is 0. The van der Waals surface area contributed by atoms with E-state index in [1.807, 2.05) is 12.1 Å². The number of carbonyl (C=O) groups is 2. The van der Waals surface area contributed by atoms with E-state index in [0.29, 0.717) is 19.6 Å². The molecule has 0 radical (unpaired) electrons. The minimum Gasteiger partial charge on any atom is -0.394 e. The number of fused-ring (bicyclic) bond motifs is 1. The van der Waals surface area contributed by atoms with Crippen LogP contribution in [-0.4, -0.2) is 65.0 Å². The van der Waals surface area contributed by atoms with Crippen molar-refractivity contribution in [2.24, 2.45) is 0 Å². The Labute approximate surface area is 131 Å². The van der Waals surface area contributed by atoms with Gasteiger partial charge in [0.1, 0.15) is 12.1 Å². The van der Waals surface area contributed by atoms with Gasteiger partial charge in [-0.25, -0.2) is 0 Å². The Morgan fingerprint density at radius 2 is 2.19 bits per heavy atom. The van der Waals surface area contributed by atoms with Gasteiger partial charge in [0.05, 0.1) is 10.9 Å². The highest BCUT2D eigenvalue weighted by Gasteiger charge is 2.43. The van der Waals surface area contributed by atoms with Gasteiger partial charge >= 0.3 is 0 Å². The lowest BCUT2D eigenvalue weighted by Gasteiger charge is -2.44. The summed E-state index contributed by atoms with van der Waals surface area (Å²) >= 11 is 7.45. The molecule has 2 amide bonds. The fourth-order valence-corrected chi connectivity index (χ4v) is 3.91. The van der Waals surface area contributed by atoms with E-state index in [4.69, 9.17) is 16.7 Å². The third kappa shape index (κ3) is 2.91. The highest BCUT2D eigenvalue weighted by molar-refractivity contribution is 7.16. The summed E-state index contributed by atoms with van der Waals surface area (Å²) in [6.07, 6.45) is 0. The lowest BCUT2D eigenvalue weighted by atomic mass is 10.0. The molecule has 114 valence electrons. The standard InChI is InChI=1S/C13H16ClN3O3S/c14-11-2-1-8(21-11)5-16-3-4-17-10(6-16)12(19)15-9(7-18)13(17)20/h1-2,9-10,18H,3-7H2,(H,15,19)/t9-,10+/m0/s1. The Hall–Kier alpha value is -1.15. The van der Waals surface area contributed by atoms with Gasteiger partial charge < -0.3 is 15.3 Å². The van der Waals surface area contributed by atoms with Gasteiger partial charge in [-0.3, -0.25) is 14.5 Å². The molecule has 8 heteroatoms. The summed E-state index contributed by atoms with van der Waals surface area (Å²) in [5.74, 6) is -0.386. The molecule has 3 rings (SSSR count). The number of thiophene rings is 1. The number of rotatable bonds is 3. The average molecular weight is 330 g/mol. The number of amides is 2. The monoisotopic (exact) mass is 329 g/mol. The van der Waals surface area contributed by atoms with Crippen molar-refractivity contribution in [3.63, 3.8) is 0 Å². The van der Waals surface area contributed by atoms with Crippen LogP contribution in [0.25, 0.3) is 0 Å². The first kappa shape index (κ1) is 14.8. The van der Waals surface area contributed by atoms with Crippen molar-refractivity contribution in [2.75, 3.05) is 26.2 Å². The molecule has 6 nitrogen and oxygen atoms in total. The molecule has 0 aliphatic carbocycles. The number of piperazine rings is 2. The van der Waals surface area contributed by atoms with Gasteiger partial charge in [-0.05, 0) is 12.1 Å². The molecule has 0 saturated carbocycles. The van der Waals surface area contributed by atoms with E-state index < -0.39 is 12.1 Å². The number of carbonyl (C=O) groups excluding carboxylic acids is 2. The molecule has 2 saturated heterocycles. The van der Waals surface area contributed by atoms with Crippen LogP contribution >= 0.6 is 22.9 Å². The highest BCUT2D eigenvalue weighted by atomic mass is 35.5. The van der Waals surface area contributed by atoms with E-state index in [9.17, 15) is 9.59 Å². The Morgan fingerprint density at radius 3 is 2.86 bits per heavy atom. The molecule has 3 heterocycles. The van der Waals surface area contributed by atoms with Crippen LogP contribution in [0.1, 0.15) is 4.88 Å². The number of aliphatic hydroxyl groups excluding tert-OH is 1. The smallest absolute Gasteiger partial charge is 0.248 e. The van der Waals surface area contributed by atoms with Crippen LogP contribution in [0.2, 0.25) is 4.34 Å². The summed E-state index contributed by atoms with van der Waals surface area (Å²) in [5, 5.41) is 11.7. The Balaban J connectivity index is 1.67. The number of halogens is 1. The normalized spacial score (nSPS) is 26.7. The van der Waals surface area contributed by atoms with Gasteiger partial charge in [-0.2, -0.15) is 0 Å². The predicted molar refractivity (Wildman–Crippen MR) is 79.1 cm³/mol. The Bertz CT molecular complexity index is 565. The minimum absolute atomic E-state index is 0.192. The number of aliphatic hydroxyl groups is 1. The second-order valence-corrected chi connectivity index (χ2v) is 7.03. The second kappa shape index (κ2) is 5.92. The molecule has 2 aliphatic heterocycles. The predicted octanol–water partition coefficient (Wildman–Crippen LogP) is -0.0950. The molecular weight excluding hydrogens is 314 g/mol. The number of hydrogen-bond donors (Lipinski definition) is 2. The number of nitrogens with zero attached hydrogens (tertiary/aromatic N) is 2. The Morgan fingerprint density at radius 1 is 1.38 bits per heavy atom. The largest absolute Gasteiger partial charge is 0.394 e. The summed E-state index contributed by atoms with van der Waals surface area (Å²) < 4.78 is 0.750. The van der Waals surface area contributed by atoms with Crippen molar-refractivity contribution in [3.05, 3.63) is 21.3 Å². The van der Waals surface area contributed by atoms with Crippen LogP contribution < -0.4 is 5.32 Å². The first-order valence-corrected chi connectivity index (χ1v) is 7.96.